The molecular formula is C25H25N5O2. The van der Waals surface area contributed by atoms with Crippen LogP contribution < -0.4 is 11.0 Å². The Labute approximate surface area is 186 Å². The molecule has 2 N–H and O–H groups in total. The van der Waals surface area contributed by atoms with Gasteiger partial charge in [0.15, 0.2) is 0 Å². The van der Waals surface area contributed by atoms with Crippen LogP contribution in [-0.2, 0) is 11.3 Å². The lowest BCUT2D eigenvalue weighted by molar-refractivity contribution is 0.0168. The normalized spacial score (nSPS) is 14.3. The number of nitrogens with zero attached hydrogens (tertiary/aromatic N) is 3. The van der Waals surface area contributed by atoms with Gasteiger partial charge in [0.25, 0.3) is 5.56 Å². The molecule has 2 aromatic carbocycles. The van der Waals surface area contributed by atoms with Gasteiger partial charge in [-0.25, -0.2) is 10.4 Å². The Bertz CT molecular complexity index is 1170. The number of hydrogen-bond acceptors (Lipinski definition) is 6. The van der Waals surface area contributed by atoms with Gasteiger partial charge < -0.3 is 4.74 Å². The zero-order valence-corrected chi connectivity index (χ0v) is 17.8. The van der Waals surface area contributed by atoms with Gasteiger partial charge in [-0.2, -0.15) is 10.4 Å². The highest BCUT2D eigenvalue weighted by molar-refractivity contribution is 5.82. The molecule has 0 amide bonds. The molecule has 0 spiro atoms. The first-order chi connectivity index (χ1) is 15.7. The summed E-state index contributed by atoms with van der Waals surface area (Å²) in [7, 11) is 0. The Balaban J connectivity index is 1.49. The molecule has 7 nitrogen and oxygen atoms in total. The van der Waals surface area contributed by atoms with Crippen LogP contribution in [0, 0.1) is 11.3 Å². The van der Waals surface area contributed by atoms with E-state index in [2.05, 4.69) is 20.5 Å². The maximum Gasteiger partial charge on any atom is 0.270 e. The van der Waals surface area contributed by atoms with Crippen LogP contribution in [0.3, 0.4) is 0 Å². The van der Waals surface area contributed by atoms with Crippen molar-refractivity contribution in [1.29, 1.82) is 5.26 Å². The molecule has 0 aliphatic heterocycles. The van der Waals surface area contributed by atoms with Crippen LogP contribution in [0.2, 0.25) is 0 Å². The highest BCUT2D eigenvalue weighted by atomic mass is 16.5. The molecule has 1 saturated carbocycles. The minimum absolute atomic E-state index is 0.0315. The molecule has 1 heterocycles. The molecule has 7 heteroatoms. The number of hydrazone groups is 1. The first-order valence-corrected chi connectivity index (χ1v) is 10.8. The van der Waals surface area contributed by atoms with Crippen LogP contribution in [0.5, 0.6) is 0 Å². The predicted octanol–water partition coefficient (Wildman–Crippen LogP) is 4.60. The maximum absolute atomic E-state index is 12.4. The Morgan fingerprint density at radius 2 is 1.88 bits per heavy atom. The van der Waals surface area contributed by atoms with Crippen molar-refractivity contribution in [2.45, 2.75) is 44.8 Å². The number of ether oxygens (including phenoxy) is 1. The molecule has 4 rings (SSSR count). The minimum atomic E-state index is -0.514. The molecule has 0 unspecified atom stereocenters. The van der Waals surface area contributed by atoms with Crippen LogP contribution in [0.25, 0.3) is 11.3 Å². The van der Waals surface area contributed by atoms with Gasteiger partial charge in [-0.3, -0.25) is 9.78 Å². The van der Waals surface area contributed by atoms with Crippen molar-refractivity contribution in [3.05, 3.63) is 81.6 Å². The van der Waals surface area contributed by atoms with Crippen LogP contribution in [0.1, 0.15) is 48.8 Å². The van der Waals surface area contributed by atoms with E-state index in [1.807, 2.05) is 48.5 Å². The van der Waals surface area contributed by atoms with Crippen LogP contribution in [0.4, 0.5) is 5.95 Å². The summed E-state index contributed by atoms with van der Waals surface area (Å²) in [6.45, 7) is 0.539. The predicted molar refractivity (Wildman–Crippen MR) is 124 cm³/mol. The summed E-state index contributed by atoms with van der Waals surface area (Å²) in [6, 6.07) is 19.0. The second-order valence-electron chi connectivity index (χ2n) is 7.76. The quantitative estimate of drug-likeness (QED) is 0.424. The highest BCUT2D eigenvalue weighted by Gasteiger charge is 2.15. The number of aromatic nitrogens is 2. The first-order valence-electron chi connectivity index (χ1n) is 10.8. The number of aromatic amines is 1. The second kappa shape index (κ2) is 10.5. The van der Waals surface area contributed by atoms with Crippen LogP contribution >= 0.6 is 0 Å². The fourth-order valence-corrected chi connectivity index (χ4v) is 3.83. The van der Waals surface area contributed by atoms with Crippen LogP contribution in [-0.4, -0.2) is 22.3 Å². The maximum atomic E-state index is 12.4. The first kappa shape index (κ1) is 21.5. The molecule has 1 aliphatic carbocycles. The third-order valence-electron chi connectivity index (χ3n) is 5.53. The molecular weight excluding hydrogens is 402 g/mol. The third kappa shape index (κ3) is 5.29. The average molecular weight is 428 g/mol. The lowest BCUT2D eigenvalue weighted by atomic mass is 9.98. The number of nitriles is 1. The largest absolute Gasteiger partial charge is 0.374 e. The Morgan fingerprint density at radius 3 is 2.66 bits per heavy atom. The molecule has 3 aromatic rings. The van der Waals surface area contributed by atoms with E-state index in [1.54, 1.807) is 18.3 Å². The van der Waals surface area contributed by atoms with E-state index in [0.29, 0.717) is 24.0 Å². The summed E-state index contributed by atoms with van der Waals surface area (Å²) in [4.78, 5) is 19.3. The third-order valence-corrected chi connectivity index (χ3v) is 5.53. The van der Waals surface area contributed by atoms with E-state index in [1.165, 1.54) is 19.3 Å². The van der Waals surface area contributed by atoms with E-state index in [4.69, 9.17) is 4.74 Å². The van der Waals surface area contributed by atoms with Crippen LogP contribution in [0.15, 0.2) is 64.5 Å². The molecule has 1 aliphatic rings. The van der Waals surface area contributed by atoms with Crippen molar-refractivity contribution in [3.63, 3.8) is 0 Å². The molecule has 1 aromatic heterocycles. The zero-order chi connectivity index (χ0) is 22.2. The Morgan fingerprint density at radius 1 is 1.12 bits per heavy atom. The van der Waals surface area contributed by atoms with Crippen molar-refractivity contribution >= 4 is 12.2 Å². The SMILES string of the molecule is N#Cc1c(-c2ccccc2)nc(NN=Cc2ccccc2COC2CCCCC2)[nH]c1=O. The van der Waals surface area contributed by atoms with Crippen molar-refractivity contribution in [1.82, 2.24) is 9.97 Å². The number of nitrogens with one attached hydrogen (secondary N) is 2. The highest BCUT2D eigenvalue weighted by Crippen LogP contribution is 2.22. The van der Waals surface area contributed by atoms with E-state index in [-0.39, 0.29) is 11.5 Å². The van der Waals surface area contributed by atoms with Crippen molar-refractivity contribution < 1.29 is 4.74 Å². The Hall–Kier alpha value is -3.76. The summed E-state index contributed by atoms with van der Waals surface area (Å²) in [6.07, 6.45) is 8.03. The molecule has 1 fully saturated rings. The molecule has 0 saturated heterocycles. The van der Waals surface area contributed by atoms with Gasteiger partial charge in [-0.1, -0.05) is 73.9 Å². The fraction of sp³-hybridized carbons (Fsp3) is 0.280. The van der Waals surface area contributed by atoms with Gasteiger partial charge in [-0.05, 0) is 18.4 Å². The number of benzene rings is 2. The fourth-order valence-electron chi connectivity index (χ4n) is 3.83. The lowest BCUT2D eigenvalue weighted by Gasteiger charge is -2.22. The van der Waals surface area contributed by atoms with Gasteiger partial charge in [0.1, 0.15) is 11.6 Å². The molecule has 0 bridgehead atoms. The minimum Gasteiger partial charge on any atom is -0.374 e. The number of H-pyrrole nitrogens is 1. The van der Waals surface area contributed by atoms with Gasteiger partial charge in [0.2, 0.25) is 5.95 Å². The number of anilines is 1. The summed E-state index contributed by atoms with van der Waals surface area (Å²) in [5.41, 5.74) is 5.22. The Kier molecular flexibility index (Phi) is 7.05. The van der Waals surface area contributed by atoms with Gasteiger partial charge in [-0.15, -0.1) is 0 Å². The molecule has 0 atom stereocenters. The summed E-state index contributed by atoms with van der Waals surface area (Å²) >= 11 is 0. The summed E-state index contributed by atoms with van der Waals surface area (Å²) < 4.78 is 6.11. The van der Waals surface area contributed by atoms with E-state index < -0.39 is 5.56 Å². The number of rotatable bonds is 7. The summed E-state index contributed by atoms with van der Waals surface area (Å²) in [5.74, 6) is 0.167. The smallest absolute Gasteiger partial charge is 0.270 e. The van der Waals surface area contributed by atoms with Crippen molar-refractivity contribution in [3.8, 4) is 17.3 Å². The second-order valence-corrected chi connectivity index (χ2v) is 7.76. The molecule has 162 valence electrons. The van der Waals surface area contributed by atoms with E-state index >= 15 is 0 Å². The van der Waals surface area contributed by atoms with Crippen molar-refractivity contribution in [2.24, 2.45) is 5.10 Å². The standard InChI is InChI=1S/C25H25N5O2/c26-15-22-23(18-9-3-1-4-10-18)28-25(29-24(22)31)30-27-16-19-11-7-8-12-20(19)17-32-21-13-5-2-6-14-21/h1,3-4,7-12,16,21H,2,5-6,13-14,17H2,(H2,28,29,30,31). The summed E-state index contributed by atoms with van der Waals surface area (Å²) in [5, 5.41) is 13.6. The zero-order valence-electron chi connectivity index (χ0n) is 17.8. The van der Waals surface area contributed by atoms with E-state index in [0.717, 1.165) is 24.0 Å². The van der Waals surface area contributed by atoms with Gasteiger partial charge in [0.05, 0.1) is 24.6 Å². The van der Waals surface area contributed by atoms with Crippen molar-refractivity contribution in [2.75, 3.05) is 5.43 Å². The van der Waals surface area contributed by atoms with E-state index in [9.17, 15) is 10.1 Å². The lowest BCUT2D eigenvalue weighted by Crippen LogP contribution is -2.17. The topological polar surface area (TPSA) is 103 Å². The average Bonchev–Trinajstić information content (AvgIpc) is 2.84. The van der Waals surface area contributed by atoms with Gasteiger partial charge in [0, 0.05) is 11.1 Å². The van der Waals surface area contributed by atoms with Gasteiger partial charge >= 0.3 is 0 Å². The monoisotopic (exact) mass is 427 g/mol. The molecule has 0 radical (unpaired) electrons. The number of hydrogen-bond donors (Lipinski definition) is 2. The molecule has 32 heavy (non-hydrogen) atoms.